The molecule has 1 aromatic rings. The summed E-state index contributed by atoms with van der Waals surface area (Å²) >= 11 is 18.0. The summed E-state index contributed by atoms with van der Waals surface area (Å²) in [5, 5.41) is 5.53. The number of nitrogens with one attached hydrogen (secondary N) is 2. The zero-order valence-corrected chi connectivity index (χ0v) is 17.5. The van der Waals surface area contributed by atoms with E-state index in [2.05, 4.69) is 36.4 Å². The Balaban J connectivity index is 2.01. The van der Waals surface area contributed by atoms with Crippen molar-refractivity contribution < 1.29 is 9.53 Å². The molecule has 5 nitrogen and oxygen atoms in total. The highest BCUT2D eigenvalue weighted by Gasteiger charge is 2.37. The molecule has 1 heterocycles. The number of nitrogens with zero attached hydrogens (tertiary/aromatic N) is 1. The fourth-order valence-electron chi connectivity index (χ4n) is 3.34. The fraction of sp³-hybridized carbons (Fsp3) is 0.667. The number of alkyl halides is 3. The quantitative estimate of drug-likeness (QED) is 0.494. The van der Waals surface area contributed by atoms with Gasteiger partial charge in [0.2, 0.25) is 3.79 Å². The molecule has 146 valence electrons. The Kier molecular flexibility index (Phi) is 7.68. The highest BCUT2D eigenvalue weighted by molar-refractivity contribution is 6.68. The van der Waals surface area contributed by atoms with E-state index in [1.165, 1.54) is 0 Å². The Labute approximate surface area is 170 Å². The van der Waals surface area contributed by atoms with Crippen LogP contribution < -0.4 is 10.6 Å². The van der Waals surface area contributed by atoms with Crippen LogP contribution in [0.5, 0.6) is 0 Å². The summed E-state index contributed by atoms with van der Waals surface area (Å²) in [5.41, 5.74) is 0. The second-order valence-electron chi connectivity index (χ2n) is 7.25. The topological polar surface area (TPSA) is 63.2 Å². The smallest absolute Gasteiger partial charge is 0.409 e. The van der Waals surface area contributed by atoms with Crippen molar-refractivity contribution >= 4 is 46.7 Å². The Bertz CT molecular complexity index is 581. The van der Waals surface area contributed by atoms with E-state index in [0.29, 0.717) is 23.6 Å². The van der Waals surface area contributed by atoms with Gasteiger partial charge in [-0.15, -0.1) is 0 Å². The third-order valence-electron chi connectivity index (χ3n) is 4.77. The van der Waals surface area contributed by atoms with Gasteiger partial charge in [0.05, 0.1) is 0 Å². The van der Waals surface area contributed by atoms with E-state index in [4.69, 9.17) is 39.5 Å². The van der Waals surface area contributed by atoms with Crippen LogP contribution >= 0.6 is 34.8 Å². The molecular formula is C18H26Cl3N3O2. The van der Waals surface area contributed by atoms with E-state index in [-0.39, 0.29) is 6.10 Å². The maximum Gasteiger partial charge on any atom is 0.409 e. The summed E-state index contributed by atoms with van der Waals surface area (Å²) in [5.74, 6) is 1.79. The van der Waals surface area contributed by atoms with Crippen LogP contribution in [0.2, 0.25) is 0 Å². The molecule has 1 aliphatic rings. The molecule has 0 radical (unpaired) electrons. The maximum absolute atomic E-state index is 12.5. The van der Waals surface area contributed by atoms with E-state index in [9.17, 15) is 4.79 Å². The number of aromatic nitrogens is 1. The number of carbonyl (C=O) groups excluding carboxylic acids is 1. The predicted octanol–water partition coefficient (Wildman–Crippen LogP) is 5.38. The molecule has 2 rings (SSSR count). The SMILES string of the molecule is CC(C)[C@@H]1CC[C@@H](C)C[C@H]1OC(=O)N[C@H](Nc1ccccn1)C(Cl)(Cl)Cl. The maximum atomic E-state index is 12.5. The van der Waals surface area contributed by atoms with Crippen LogP contribution in [0, 0.1) is 17.8 Å². The van der Waals surface area contributed by atoms with Crippen molar-refractivity contribution in [3.8, 4) is 0 Å². The van der Waals surface area contributed by atoms with E-state index in [1.807, 2.05) is 0 Å². The van der Waals surface area contributed by atoms with Crippen LogP contribution in [0.25, 0.3) is 0 Å². The zero-order chi connectivity index (χ0) is 19.3. The van der Waals surface area contributed by atoms with Crippen molar-refractivity contribution in [1.29, 1.82) is 0 Å². The molecule has 1 aromatic heterocycles. The minimum absolute atomic E-state index is 0.135. The summed E-state index contributed by atoms with van der Waals surface area (Å²) in [6, 6.07) is 5.28. The lowest BCUT2D eigenvalue weighted by molar-refractivity contribution is 0.00534. The van der Waals surface area contributed by atoms with Gasteiger partial charge in [-0.3, -0.25) is 5.32 Å². The molecule has 4 atom stereocenters. The van der Waals surface area contributed by atoms with E-state index in [0.717, 1.165) is 19.3 Å². The first-order chi connectivity index (χ1) is 12.2. The molecule has 8 heteroatoms. The Morgan fingerprint density at radius 2 is 2.04 bits per heavy atom. The first-order valence-electron chi connectivity index (χ1n) is 8.88. The Morgan fingerprint density at radius 3 is 2.62 bits per heavy atom. The van der Waals surface area contributed by atoms with Gasteiger partial charge in [-0.25, -0.2) is 9.78 Å². The van der Waals surface area contributed by atoms with Crippen molar-refractivity contribution in [1.82, 2.24) is 10.3 Å². The summed E-state index contributed by atoms with van der Waals surface area (Å²) < 4.78 is 3.94. The molecule has 1 aliphatic carbocycles. The Morgan fingerprint density at radius 1 is 1.31 bits per heavy atom. The van der Waals surface area contributed by atoms with Gasteiger partial charge in [-0.2, -0.15) is 0 Å². The monoisotopic (exact) mass is 421 g/mol. The molecule has 1 fully saturated rings. The third kappa shape index (κ3) is 6.36. The van der Waals surface area contributed by atoms with Gasteiger partial charge in [0.25, 0.3) is 0 Å². The van der Waals surface area contributed by atoms with Crippen molar-refractivity contribution in [3.05, 3.63) is 24.4 Å². The molecule has 0 aliphatic heterocycles. The molecule has 2 N–H and O–H groups in total. The summed E-state index contributed by atoms with van der Waals surface area (Å²) in [6.07, 6.45) is 2.95. The molecule has 0 saturated heterocycles. The van der Waals surface area contributed by atoms with Gasteiger partial charge < -0.3 is 10.1 Å². The molecule has 0 spiro atoms. The van der Waals surface area contributed by atoms with Crippen molar-refractivity contribution in [2.45, 2.75) is 56.1 Å². The average Bonchev–Trinajstić information content (AvgIpc) is 2.54. The van der Waals surface area contributed by atoms with Crippen LogP contribution in [-0.4, -0.2) is 27.1 Å². The molecule has 0 unspecified atom stereocenters. The number of hydrogen-bond donors (Lipinski definition) is 2. The second kappa shape index (κ2) is 9.34. The molecule has 0 bridgehead atoms. The van der Waals surface area contributed by atoms with Crippen molar-refractivity contribution in [2.75, 3.05) is 5.32 Å². The van der Waals surface area contributed by atoms with Gasteiger partial charge in [-0.05, 0) is 42.7 Å². The minimum atomic E-state index is -1.77. The van der Waals surface area contributed by atoms with Gasteiger partial charge >= 0.3 is 6.09 Å². The Hall–Kier alpha value is -0.910. The van der Waals surface area contributed by atoms with Crippen LogP contribution in [-0.2, 0) is 4.74 Å². The molecule has 1 saturated carbocycles. The van der Waals surface area contributed by atoms with Gasteiger partial charge in [-0.1, -0.05) is 68.1 Å². The fourth-order valence-corrected chi connectivity index (χ4v) is 3.66. The number of ether oxygens (including phenoxy) is 1. The predicted molar refractivity (Wildman–Crippen MR) is 107 cm³/mol. The van der Waals surface area contributed by atoms with E-state index < -0.39 is 16.1 Å². The molecule has 1 amide bonds. The summed E-state index contributed by atoms with van der Waals surface area (Å²) in [6.45, 7) is 6.49. The van der Waals surface area contributed by atoms with Crippen molar-refractivity contribution in [2.24, 2.45) is 17.8 Å². The highest BCUT2D eigenvalue weighted by Crippen LogP contribution is 2.36. The normalized spacial score (nSPS) is 24.8. The number of carbonyl (C=O) groups is 1. The first kappa shape index (κ1) is 21.4. The number of alkyl carbamates (subject to hydrolysis) is 1. The third-order valence-corrected chi connectivity index (χ3v) is 5.42. The van der Waals surface area contributed by atoms with Gasteiger partial charge in [0.15, 0.2) is 6.17 Å². The standard InChI is InChI=1S/C18H26Cl3N3O2/c1-11(2)13-8-7-12(3)10-14(13)26-17(25)24-16(18(19,20)21)23-15-6-4-5-9-22-15/h4-6,9,11-14,16H,7-8,10H2,1-3H3,(H,22,23)(H,24,25)/t12-,13+,14-,16+/m1/s1. The number of pyridine rings is 1. The highest BCUT2D eigenvalue weighted by atomic mass is 35.6. The largest absolute Gasteiger partial charge is 0.446 e. The van der Waals surface area contributed by atoms with Crippen LogP contribution in [0.4, 0.5) is 10.6 Å². The van der Waals surface area contributed by atoms with Crippen LogP contribution in [0.1, 0.15) is 40.0 Å². The van der Waals surface area contributed by atoms with Gasteiger partial charge in [0, 0.05) is 6.20 Å². The zero-order valence-electron chi connectivity index (χ0n) is 15.2. The lowest BCUT2D eigenvalue weighted by Crippen LogP contribution is -2.51. The number of anilines is 1. The number of halogens is 3. The first-order valence-corrected chi connectivity index (χ1v) is 10.0. The average molecular weight is 423 g/mol. The summed E-state index contributed by atoms with van der Waals surface area (Å²) in [4.78, 5) is 16.6. The second-order valence-corrected chi connectivity index (χ2v) is 9.62. The van der Waals surface area contributed by atoms with Crippen LogP contribution in [0.15, 0.2) is 24.4 Å². The van der Waals surface area contributed by atoms with E-state index in [1.54, 1.807) is 24.4 Å². The van der Waals surface area contributed by atoms with Crippen molar-refractivity contribution in [3.63, 3.8) is 0 Å². The summed E-state index contributed by atoms with van der Waals surface area (Å²) in [7, 11) is 0. The van der Waals surface area contributed by atoms with E-state index >= 15 is 0 Å². The molecule has 0 aromatic carbocycles. The minimum Gasteiger partial charge on any atom is -0.446 e. The van der Waals surface area contributed by atoms with Crippen LogP contribution in [0.3, 0.4) is 0 Å². The number of hydrogen-bond acceptors (Lipinski definition) is 4. The lowest BCUT2D eigenvalue weighted by atomic mass is 9.75. The lowest BCUT2D eigenvalue weighted by Gasteiger charge is -2.37. The van der Waals surface area contributed by atoms with Gasteiger partial charge in [0.1, 0.15) is 11.9 Å². The molecule has 26 heavy (non-hydrogen) atoms. The number of amides is 1. The molecular weight excluding hydrogens is 397 g/mol. The number of rotatable bonds is 5.